The smallest absolute Gasteiger partial charge is 0.325 e. The number of nitrogens with zero attached hydrogens (tertiary/aromatic N) is 2. The van der Waals surface area contributed by atoms with Gasteiger partial charge in [-0.2, -0.15) is 0 Å². The third-order valence-electron chi connectivity index (χ3n) is 4.17. The number of urea groups is 1. The van der Waals surface area contributed by atoms with Crippen molar-refractivity contribution in [3.05, 3.63) is 0 Å². The van der Waals surface area contributed by atoms with Crippen molar-refractivity contribution in [1.29, 1.82) is 0 Å². The molecule has 0 spiro atoms. The van der Waals surface area contributed by atoms with E-state index in [1.54, 1.807) is 13.8 Å². The summed E-state index contributed by atoms with van der Waals surface area (Å²) >= 11 is 0. The number of aliphatic carboxylic acids is 1. The normalized spacial score (nSPS) is 26.0. The molecule has 1 unspecified atom stereocenters. The zero-order valence-electron chi connectivity index (χ0n) is 12.6. The quantitative estimate of drug-likeness (QED) is 0.727. The Bertz CT molecular complexity index is 450. The number of nitrogens with one attached hydrogen (secondary N) is 1. The van der Waals surface area contributed by atoms with Crippen LogP contribution in [0, 0.1) is 0 Å². The van der Waals surface area contributed by atoms with Gasteiger partial charge in [-0.15, -0.1) is 0 Å². The van der Waals surface area contributed by atoms with Crippen LogP contribution in [-0.2, 0) is 9.59 Å². The number of hydrogen-bond acceptors (Lipinski definition) is 4. The van der Waals surface area contributed by atoms with Gasteiger partial charge < -0.3 is 10.4 Å². The highest BCUT2D eigenvalue weighted by atomic mass is 16.4. The standard InChI is InChI=1S/C14H23N3O4/c1-14(2)12(20)17(13(21)15-14)9-5-8-16-7-4-3-6-10(16)11(18)19/h10H,3-9H2,1-2H3,(H,15,21)(H,18,19). The zero-order valence-corrected chi connectivity index (χ0v) is 12.6. The Kier molecular flexibility index (Phi) is 4.51. The molecule has 0 bridgehead atoms. The second-order valence-corrected chi connectivity index (χ2v) is 6.25. The van der Waals surface area contributed by atoms with Gasteiger partial charge in [0.05, 0.1) is 0 Å². The van der Waals surface area contributed by atoms with E-state index in [1.165, 1.54) is 4.90 Å². The minimum absolute atomic E-state index is 0.221. The van der Waals surface area contributed by atoms with Crippen LogP contribution in [0.1, 0.15) is 39.5 Å². The Morgan fingerprint density at radius 1 is 1.33 bits per heavy atom. The maximum atomic E-state index is 12.0. The van der Waals surface area contributed by atoms with E-state index in [9.17, 15) is 19.5 Å². The number of hydrogen-bond donors (Lipinski definition) is 2. The van der Waals surface area contributed by atoms with E-state index >= 15 is 0 Å². The summed E-state index contributed by atoms with van der Waals surface area (Å²) in [6.45, 7) is 5.05. The summed E-state index contributed by atoms with van der Waals surface area (Å²) in [5.74, 6) is -1.01. The summed E-state index contributed by atoms with van der Waals surface area (Å²) in [6.07, 6.45) is 3.21. The molecule has 1 atom stereocenters. The first-order valence-corrected chi connectivity index (χ1v) is 7.44. The van der Waals surface area contributed by atoms with Crippen molar-refractivity contribution in [2.45, 2.75) is 51.1 Å². The molecule has 2 aliphatic rings. The molecule has 7 heteroatoms. The summed E-state index contributed by atoms with van der Waals surface area (Å²) in [6, 6.07) is -0.795. The fourth-order valence-corrected chi connectivity index (χ4v) is 2.99. The lowest BCUT2D eigenvalue weighted by Gasteiger charge is -2.33. The summed E-state index contributed by atoms with van der Waals surface area (Å²) < 4.78 is 0. The number of piperidine rings is 1. The number of imide groups is 1. The molecule has 3 amide bonds. The Morgan fingerprint density at radius 2 is 2.05 bits per heavy atom. The Labute approximate surface area is 124 Å². The number of carbonyl (C=O) groups is 3. The van der Waals surface area contributed by atoms with E-state index in [2.05, 4.69) is 5.32 Å². The predicted octanol–water partition coefficient (Wildman–Crippen LogP) is 0.646. The molecule has 118 valence electrons. The maximum Gasteiger partial charge on any atom is 0.325 e. The van der Waals surface area contributed by atoms with Gasteiger partial charge in [0.1, 0.15) is 11.6 Å². The molecule has 2 aliphatic heterocycles. The molecule has 7 nitrogen and oxygen atoms in total. The van der Waals surface area contributed by atoms with Crippen LogP contribution in [0.5, 0.6) is 0 Å². The van der Waals surface area contributed by atoms with Gasteiger partial charge >= 0.3 is 12.0 Å². The molecule has 0 saturated carbocycles. The SMILES string of the molecule is CC1(C)NC(=O)N(CCCN2CCCCC2C(=O)O)C1=O. The van der Waals surface area contributed by atoms with Crippen LogP contribution in [0.15, 0.2) is 0 Å². The van der Waals surface area contributed by atoms with E-state index in [4.69, 9.17) is 0 Å². The molecule has 2 N–H and O–H groups in total. The first kappa shape index (κ1) is 15.8. The molecular weight excluding hydrogens is 274 g/mol. The highest BCUT2D eigenvalue weighted by Crippen LogP contribution is 2.19. The van der Waals surface area contributed by atoms with Crippen LogP contribution >= 0.6 is 0 Å². The van der Waals surface area contributed by atoms with E-state index < -0.39 is 17.6 Å². The largest absolute Gasteiger partial charge is 0.480 e. The molecule has 0 aromatic heterocycles. The van der Waals surface area contributed by atoms with Gasteiger partial charge in [0.2, 0.25) is 0 Å². The minimum Gasteiger partial charge on any atom is -0.480 e. The summed E-state index contributed by atoms with van der Waals surface area (Å²) in [5, 5.41) is 11.8. The van der Waals surface area contributed by atoms with E-state index in [-0.39, 0.29) is 11.9 Å². The van der Waals surface area contributed by atoms with Crippen molar-refractivity contribution in [3.63, 3.8) is 0 Å². The van der Waals surface area contributed by atoms with Gasteiger partial charge in [-0.3, -0.25) is 19.4 Å². The Hall–Kier alpha value is -1.63. The van der Waals surface area contributed by atoms with Crippen molar-refractivity contribution in [2.24, 2.45) is 0 Å². The Balaban J connectivity index is 1.85. The second-order valence-electron chi connectivity index (χ2n) is 6.25. The van der Waals surface area contributed by atoms with Crippen molar-refractivity contribution in [1.82, 2.24) is 15.1 Å². The lowest BCUT2D eigenvalue weighted by molar-refractivity contribution is -0.144. The summed E-state index contributed by atoms with van der Waals surface area (Å²) in [7, 11) is 0. The number of carboxylic acid groups (broad SMARTS) is 1. The van der Waals surface area contributed by atoms with Crippen molar-refractivity contribution in [2.75, 3.05) is 19.6 Å². The first-order valence-electron chi connectivity index (χ1n) is 7.44. The van der Waals surface area contributed by atoms with Gasteiger partial charge in [-0.05, 0) is 39.7 Å². The summed E-state index contributed by atoms with van der Waals surface area (Å²) in [5.41, 5.74) is -0.841. The van der Waals surface area contributed by atoms with Crippen LogP contribution < -0.4 is 5.32 Å². The molecule has 2 saturated heterocycles. The highest BCUT2D eigenvalue weighted by molar-refractivity contribution is 6.06. The fraction of sp³-hybridized carbons (Fsp3) is 0.786. The zero-order chi connectivity index (χ0) is 15.6. The van der Waals surface area contributed by atoms with Gasteiger partial charge in [-0.25, -0.2) is 4.79 Å². The molecule has 2 fully saturated rings. The third-order valence-corrected chi connectivity index (χ3v) is 4.17. The third kappa shape index (κ3) is 3.34. The predicted molar refractivity (Wildman–Crippen MR) is 75.8 cm³/mol. The molecule has 21 heavy (non-hydrogen) atoms. The van der Waals surface area contributed by atoms with E-state index in [0.29, 0.717) is 25.9 Å². The van der Waals surface area contributed by atoms with Crippen molar-refractivity contribution < 1.29 is 19.5 Å². The van der Waals surface area contributed by atoms with E-state index in [1.807, 2.05) is 4.90 Å². The summed E-state index contributed by atoms with van der Waals surface area (Å²) in [4.78, 5) is 38.1. The average Bonchev–Trinajstić information content (AvgIpc) is 2.61. The topological polar surface area (TPSA) is 90.0 Å². The molecule has 2 rings (SSSR count). The van der Waals surface area contributed by atoms with Crippen LogP contribution in [0.4, 0.5) is 4.79 Å². The maximum absolute atomic E-state index is 12.0. The lowest BCUT2D eigenvalue weighted by Crippen LogP contribution is -2.46. The van der Waals surface area contributed by atoms with Crippen LogP contribution in [0.2, 0.25) is 0 Å². The molecule has 0 aromatic carbocycles. The fourth-order valence-electron chi connectivity index (χ4n) is 2.99. The molecule has 2 heterocycles. The van der Waals surface area contributed by atoms with Gasteiger partial charge in [0, 0.05) is 13.1 Å². The highest BCUT2D eigenvalue weighted by Gasteiger charge is 2.43. The van der Waals surface area contributed by atoms with Crippen LogP contribution in [-0.4, -0.2) is 64.0 Å². The average molecular weight is 297 g/mol. The number of amides is 3. The molecule has 0 aliphatic carbocycles. The molecular formula is C14H23N3O4. The number of carbonyl (C=O) groups excluding carboxylic acids is 2. The minimum atomic E-state index is -0.841. The first-order chi connectivity index (χ1) is 9.83. The monoisotopic (exact) mass is 297 g/mol. The molecule has 0 radical (unpaired) electrons. The van der Waals surface area contributed by atoms with Crippen LogP contribution in [0.3, 0.4) is 0 Å². The van der Waals surface area contributed by atoms with E-state index in [0.717, 1.165) is 19.4 Å². The Morgan fingerprint density at radius 3 is 2.62 bits per heavy atom. The van der Waals surface area contributed by atoms with Crippen molar-refractivity contribution in [3.8, 4) is 0 Å². The second kappa shape index (κ2) is 6.01. The number of carboxylic acids is 1. The van der Waals surface area contributed by atoms with Gasteiger partial charge in [0.25, 0.3) is 5.91 Å². The number of likely N-dealkylation sites (tertiary alicyclic amines) is 1. The van der Waals surface area contributed by atoms with Gasteiger partial charge in [-0.1, -0.05) is 6.42 Å². The molecule has 0 aromatic rings. The number of rotatable bonds is 5. The van der Waals surface area contributed by atoms with Gasteiger partial charge in [0.15, 0.2) is 0 Å². The lowest BCUT2D eigenvalue weighted by atomic mass is 10.0. The van der Waals surface area contributed by atoms with Crippen LogP contribution in [0.25, 0.3) is 0 Å². The van der Waals surface area contributed by atoms with Crippen molar-refractivity contribution >= 4 is 17.9 Å².